The molecule has 0 unspecified atom stereocenters. The summed E-state index contributed by atoms with van der Waals surface area (Å²) in [6.07, 6.45) is 0. The summed E-state index contributed by atoms with van der Waals surface area (Å²) >= 11 is 0. The highest BCUT2D eigenvalue weighted by molar-refractivity contribution is 5.59. The number of aromatic nitrogens is 1. The predicted molar refractivity (Wildman–Crippen MR) is 73.7 cm³/mol. The largest absolute Gasteiger partial charge is 0.497 e. The average Bonchev–Trinajstić information content (AvgIpc) is 2.36. The van der Waals surface area contributed by atoms with Crippen molar-refractivity contribution in [3.63, 3.8) is 0 Å². The van der Waals surface area contributed by atoms with Crippen molar-refractivity contribution in [3.05, 3.63) is 47.8 Å². The Balaban J connectivity index is 2.08. The van der Waals surface area contributed by atoms with Crippen LogP contribution in [0.4, 0.5) is 11.4 Å². The zero-order valence-electron chi connectivity index (χ0n) is 10.6. The van der Waals surface area contributed by atoms with E-state index in [-0.39, 0.29) is 0 Å². The van der Waals surface area contributed by atoms with Gasteiger partial charge in [0.1, 0.15) is 5.75 Å². The molecule has 2 aromatic rings. The standard InChI is InChI=1S/C14H17N3O/c1-10-4-3-5-12(17-10)9-16-13-6-11(15)7-14(8-13)18-2/h3-8,16H,9,15H2,1-2H3. The molecule has 0 atom stereocenters. The molecule has 1 aromatic heterocycles. The summed E-state index contributed by atoms with van der Waals surface area (Å²) in [5, 5.41) is 3.28. The highest BCUT2D eigenvalue weighted by Crippen LogP contribution is 2.22. The second-order valence-electron chi connectivity index (χ2n) is 4.12. The molecule has 18 heavy (non-hydrogen) atoms. The molecule has 0 aliphatic heterocycles. The van der Waals surface area contributed by atoms with Crippen molar-refractivity contribution in [1.82, 2.24) is 4.98 Å². The molecular weight excluding hydrogens is 226 g/mol. The molecule has 2 rings (SSSR count). The number of hydrogen-bond acceptors (Lipinski definition) is 4. The summed E-state index contributed by atoms with van der Waals surface area (Å²) < 4.78 is 5.17. The normalized spacial score (nSPS) is 10.1. The van der Waals surface area contributed by atoms with Gasteiger partial charge in [0.2, 0.25) is 0 Å². The Kier molecular flexibility index (Phi) is 3.67. The molecule has 0 saturated carbocycles. The van der Waals surface area contributed by atoms with Gasteiger partial charge in [0.15, 0.2) is 0 Å². The minimum absolute atomic E-state index is 0.661. The van der Waals surface area contributed by atoms with Crippen LogP contribution in [0.1, 0.15) is 11.4 Å². The van der Waals surface area contributed by atoms with Gasteiger partial charge >= 0.3 is 0 Å². The number of nitrogens with one attached hydrogen (secondary N) is 1. The van der Waals surface area contributed by atoms with Crippen molar-refractivity contribution < 1.29 is 4.74 Å². The lowest BCUT2D eigenvalue weighted by molar-refractivity contribution is 0.415. The number of nitrogens with zero attached hydrogens (tertiary/aromatic N) is 1. The molecule has 0 saturated heterocycles. The first-order valence-corrected chi connectivity index (χ1v) is 5.78. The van der Waals surface area contributed by atoms with E-state index in [4.69, 9.17) is 10.5 Å². The zero-order chi connectivity index (χ0) is 13.0. The van der Waals surface area contributed by atoms with E-state index in [9.17, 15) is 0 Å². The lowest BCUT2D eigenvalue weighted by Gasteiger charge is -2.09. The third-order valence-corrected chi connectivity index (χ3v) is 2.58. The van der Waals surface area contributed by atoms with Gasteiger partial charge < -0.3 is 15.8 Å². The lowest BCUT2D eigenvalue weighted by Crippen LogP contribution is -2.03. The first-order chi connectivity index (χ1) is 8.67. The van der Waals surface area contributed by atoms with Crippen LogP contribution in [0.15, 0.2) is 36.4 Å². The second kappa shape index (κ2) is 5.40. The molecule has 1 heterocycles. The van der Waals surface area contributed by atoms with Crippen LogP contribution in [0.25, 0.3) is 0 Å². The van der Waals surface area contributed by atoms with Crippen molar-refractivity contribution in [2.45, 2.75) is 13.5 Å². The molecule has 0 spiro atoms. The molecule has 94 valence electrons. The van der Waals surface area contributed by atoms with Gasteiger partial charge in [0.05, 0.1) is 19.3 Å². The predicted octanol–water partition coefficient (Wildman–Crippen LogP) is 2.59. The van der Waals surface area contributed by atoms with Crippen LogP contribution in [-0.4, -0.2) is 12.1 Å². The van der Waals surface area contributed by atoms with E-state index < -0.39 is 0 Å². The SMILES string of the molecule is COc1cc(N)cc(NCc2cccc(C)n2)c1. The van der Waals surface area contributed by atoms with Crippen LogP contribution >= 0.6 is 0 Å². The Hall–Kier alpha value is -2.23. The van der Waals surface area contributed by atoms with Crippen LogP contribution < -0.4 is 15.8 Å². The Morgan fingerprint density at radius 3 is 2.83 bits per heavy atom. The number of rotatable bonds is 4. The Morgan fingerprint density at radius 2 is 2.11 bits per heavy atom. The molecule has 1 aromatic carbocycles. The summed E-state index contributed by atoms with van der Waals surface area (Å²) in [7, 11) is 1.63. The topological polar surface area (TPSA) is 60.2 Å². The number of benzene rings is 1. The van der Waals surface area contributed by atoms with E-state index in [1.807, 2.05) is 37.3 Å². The molecular formula is C14H17N3O. The van der Waals surface area contributed by atoms with Gasteiger partial charge in [-0.05, 0) is 25.1 Å². The van der Waals surface area contributed by atoms with E-state index in [1.165, 1.54) is 0 Å². The van der Waals surface area contributed by atoms with Crippen LogP contribution in [0, 0.1) is 6.92 Å². The molecule has 4 heteroatoms. The van der Waals surface area contributed by atoms with Crippen LogP contribution in [-0.2, 0) is 6.54 Å². The summed E-state index contributed by atoms with van der Waals surface area (Å²) in [5.74, 6) is 0.745. The van der Waals surface area contributed by atoms with Crippen LogP contribution in [0.3, 0.4) is 0 Å². The number of nitrogens with two attached hydrogens (primary N) is 1. The fraction of sp³-hybridized carbons (Fsp3) is 0.214. The summed E-state index contributed by atoms with van der Waals surface area (Å²) in [5.41, 5.74) is 9.40. The summed E-state index contributed by atoms with van der Waals surface area (Å²) in [6, 6.07) is 11.5. The Bertz CT molecular complexity index is 540. The molecule has 0 radical (unpaired) electrons. The van der Waals surface area contributed by atoms with E-state index in [2.05, 4.69) is 10.3 Å². The fourth-order valence-corrected chi connectivity index (χ4v) is 1.73. The maximum Gasteiger partial charge on any atom is 0.122 e. The summed E-state index contributed by atoms with van der Waals surface area (Å²) in [6.45, 7) is 2.64. The van der Waals surface area contributed by atoms with Crippen molar-refractivity contribution in [2.24, 2.45) is 0 Å². The third-order valence-electron chi connectivity index (χ3n) is 2.58. The number of hydrogen-bond donors (Lipinski definition) is 2. The fourth-order valence-electron chi connectivity index (χ4n) is 1.73. The molecule has 0 aliphatic carbocycles. The quantitative estimate of drug-likeness (QED) is 0.810. The van der Waals surface area contributed by atoms with Gasteiger partial charge in [-0.15, -0.1) is 0 Å². The van der Waals surface area contributed by atoms with Gasteiger partial charge in [-0.3, -0.25) is 4.98 Å². The van der Waals surface area contributed by atoms with Gasteiger partial charge in [-0.2, -0.15) is 0 Å². The minimum atomic E-state index is 0.661. The highest BCUT2D eigenvalue weighted by Gasteiger charge is 2.00. The summed E-state index contributed by atoms with van der Waals surface area (Å²) in [4.78, 5) is 4.43. The van der Waals surface area contributed by atoms with Crippen molar-refractivity contribution in [1.29, 1.82) is 0 Å². The Morgan fingerprint density at radius 1 is 1.28 bits per heavy atom. The molecule has 4 nitrogen and oxygen atoms in total. The smallest absolute Gasteiger partial charge is 0.122 e. The van der Waals surface area contributed by atoms with Gasteiger partial charge in [-0.25, -0.2) is 0 Å². The van der Waals surface area contributed by atoms with Gasteiger partial charge in [0.25, 0.3) is 0 Å². The molecule has 0 fully saturated rings. The first kappa shape index (κ1) is 12.2. The highest BCUT2D eigenvalue weighted by atomic mass is 16.5. The van der Waals surface area contributed by atoms with Crippen LogP contribution in [0.2, 0.25) is 0 Å². The van der Waals surface area contributed by atoms with Gasteiger partial charge in [0, 0.05) is 29.2 Å². The van der Waals surface area contributed by atoms with E-state index >= 15 is 0 Å². The third kappa shape index (κ3) is 3.13. The van der Waals surface area contributed by atoms with E-state index in [1.54, 1.807) is 13.2 Å². The molecule has 0 aliphatic rings. The van der Waals surface area contributed by atoms with Crippen LogP contribution in [0.5, 0.6) is 5.75 Å². The number of pyridine rings is 1. The van der Waals surface area contributed by atoms with Crippen molar-refractivity contribution >= 4 is 11.4 Å². The number of ether oxygens (including phenoxy) is 1. The number of nitrogen functional groups attached to an aromatic ring is 1. The van der Waals surface area contributed by atoms with Crippen molar-refractivity contribution in [2.75, 3.05) is 18.2 Å². The minimum Gasteiger partial charge on any atom is -0.497 e. The maximum absolute atomic E-state index is 5.79. The lowest BCUT2D eigenvalue weighted by atomic mass is 10.2. The van der Waals surface area contributed by atoms with E-state index in [0.29, 0.717) is 12.2 Å². The number of anilines is 2. The average molecular weight is 243 g/mol. The maximum atomic E-state index is 5.79. The number of aryl methyl sites for hydroxylation is 1. The van der Waals surface area contributed by atoms with Gasteiger partial charge in [-0.1, -0.05) is 6.07 Å². The molecule has 0 bridgehead atoms. The first-order valence-electron chi connectivity index (χ1n) is 5.78. The zero-order valence-corrected chi connectivity index (χ0v) is 10.6. The Labute approximate surface area is 107 Å². The molecule has 0 amide bonds. The number of methoxy groups -OCH3 is 1. The molecule has 3 N–H and O–H groups in total. The van der Waals surface area contributed by atoms with E-state index in [0.717, 1.165) is 22.8 Å². The monoisotopic (exact) mass is 243 g/mol. The van der Waals surface area contributed by atoms with Crippen molar-refractivity contribution in [3.8, 4) is 5.75 Å². The second-order valence-corrected chi connectivity index (χ2v) is 4.12.